The van der Waals surface area contributed by atoms with Gasteiger partial charge in [0.25, 0.3) is 0 Å². The van der Waals surface area contributed by atoms with Crippen LogP contribution in [0.25, 0.3) is 0 Å². The third-order valence-corrected chi connectivity index (χ3v) is 1.53. The maximum absolute atomic E-state index is 5.56. The van der Waals surface area contributed by atoms with E-state index in [1.54, 1.807) is 18.6 Å². The maximum atomic E-state index is 5.56. The second-order valence-electron chi connectivity index (χ2n) is 2.17. The molecule has 4 heteroatoms. The molecule has 0 saturated carbocycles. The van der Waals surface area contributed by atoms with E-state index in [-0.39, 0.29) is 0 Å². The number of nitrogens with zero attached hydrogens (tertiary/aromatic N) is 3. The summed E-state index contributed by atoms with van der Waals surface area (Å²) in [5.41, 5.74) is 0. The van der Waals surface area contributed by atoms with Crippen LogP contribution in [0.1, 0.15) is 0 Å². The van der Waals surface area contributed by atoms with E-state index in [0.29, 0.717) is 5.88 Å². The van der Waals surface area contributed by atoms with Crippen LogP contribution in [-0.2, 0) is 0 Å². The number of rotatable bonds is 3. The van der Waals surface area contributed by atoms with Crippen molar-refractivity contribution in [3.05, 3.63) is 18.6 Å². The minimum Gasteiger partial charge on any atom is -0.357 e. The summed E-state index contributed by atoms with van der Waals surface area (Å²) in [4.78, 5) is 10.0. The molecule has 1 aromatic rings. The van der Waals surface area contributed by atoms with Gasteiger partial charge in [-0.1, -0.05) is 0 Å². The van der Waals surface area contributed by atoms with Crippen LogP contribution >= 0.6 is 11.6 Å². The van der Waals surface area contributed by atoms with Crippen LogP contribution in [-0.4, -0.2) is 29.4 Å². The van der Waals surface area contributed by atoms with Gasteiger partial charge in [-0.15, -0.1) is 11.6 Å². The van der Waals surface area contributed by atoms with Crippen LogP contribution in [0.3, 0.4) is 0 Å². The molecule has 0 spiro atoms. The minimum atomic E-state index is 0.604. The van der Waals surface area contributed by atoms with E-state index >= 15 is 0 Å². The molecule has 0 saturated heterocycles. The van der Waals surface area contributed by atoms with Crippen LogP contribution in [0.5, 0.6) is 0 Å². The zero-order chi connectivity index (χ0) is 8.10. The van der Waals surface area contributed by atoms with Crippen LogP contribution in [0, 0.1) is 0 Å². The average molecular weight is 172 g/mol. The Morgan fingerprint density at radius 3 is 2.91 bits per heavy atom. The van der Waals surface area contributed by atoms with Crippen molar-refractivity contribution in [3.8, 4) is 0 Å². The fourth-order valence-electron chi connectivity index (χ4n) is 0.730. The predicted octanol–water partition coefficient (Wildman–Crippen LogP) is 1.15. The lowest BCUT2D eigenvalue weighted by atomic mass is 10.5. The summed E-state index contributed by atoms with van der Waals surface area (Å²) in [5.74, 6) is 1.46. The zero-order valence-corrected chi connectivity index (χ0v) is 7.12. The normalized spacial score (nSPS) is 9.64. The first-order valence-corrected chi connectivity index (χ1v) is 3.91. The average Bonchev–Trinajstić information content (AvgIpc) is 2.07. The second kappa shape index (κ2) is 4.13. The van der Waals surface area contributed by atoms with Gasteiger partial charge >= 0.3 is 0 Å². The van der Waals surface area contributed by atoms with E-state index in [1.807, 2.05) is 11.9 Å². The van der Waals surface area contributed by atoms with Gasteiger partial charge in [0.05, 0.1) is 6.20 Å². The van der Waals surface area contributed by atoms with Crippen molar-refractivity contribution in [2.24, 2.45) is 0 Å². The quantitative estimate of drug-likeness (QED) is 0.639. The third kappa shape index (κ3) is 2.35. The molecule has 0 radical (unpaired) electrons. The molecule has 11 heavy (non-hydrogen) atoms. The van der Waals surface area contributed by atoms with Gasteiger partial charge in [0.15, 0.2) is 0 Å². The van der Waals surface area contributed by atoms with Crippen molar-refractivity contribution >= 4 is 17.4 Å². The molecule has 0 aromatic carbocycles. The second-order valence-corrected chi connectivity index (χ2v) is 2.55. The smallest absolute Gasteiger partial charge is 0.146 e. The number of alkyl halides is 1. The van der Waals surface area contributed by atoms with Crippen LogP contribution in [0.4, 0.5) is 5.82 Å². The summed E-state index contributed by atoms with van der Waals surface area (Å²) in [7, 11) is 1.94. The maximum Gasteiger partial charge on any atom is 0.146 e. The molecule has 1 rings (SSSR count). The fraction of sp³-hybridized carbons (Fsp3) is 0.429. The van der Waals surface area contributed by atoms with Gasteiger partial charge in [0.1, 0.15) is 5.82 Å². The molecule has 0 aliphatic carbocycles. The SMILES string of the molecule is CN(CCCl)c1cnccn1. The topological polar surface area (TPSA) is 29.0 Å². The van der Waals surface area contributed by atoms with Gasteiger partial charge in [-0.05, 0) is 0 Å². The van der Waals surface area contributed by atoms with E-state index < -0.39 is 0 Å². The van der Waals surface area contributed by atoms with Crippen molar-refractivity contribution in [3.63, 3.8) is 0 Å². The van der Waals surface area contributed by atoms with E-state index in [4.69, 9.17) is 11.6 Å². The first-order chi connectivity index (χ1) is 5.34. The molecule has 1 aromatic heterocycles. The summed E-state index contributed by atoms with van der Waals surface area (Å²) in [6.45, 7) is 0.792. The molecule has 0 amide bonds. The summed E-state index contributed by atoms with van der Waals surface area (Å²) < 4.78 is 0. The van der Waals surface area contributed by atoms with E-state index in [9.17, 15) is 0 Å². The molecule has 0 N–H and O–H groups in total. The Morgan fingerprint density at radius 2 is 2.36 bits per heavy atom. The molecule has 0 fully saturated rings. The lowest BCUT2D eigenvalue weighted by molar-refractivity contribution is 0.932. The Bertz CT molecular complexity index is 202. The first-order valence-electron chi connectivity index (χ1n) is 3.37. The van der Waals surface area contributed by atoms with E-state index in [2.05, 4.69) is 9.97 Å². The predicted molar refractivity (Wildman–Crippen MR) is 46.0 cm³/mol. The Labute approximate surface area is 71.0 Å². The van der Waals surface area contributed by atoms with Gasteiger partial charge in [0.2, 0.25) is 0 Å². The molecule has 60 valence electrons. The van der Waals surface area contributed by atoms with E-state index in [0.717, 1.165) is 12.4 Å². The van der Waals surface area contributed by atoms with Gasteiger partial charge in [-0.3, -0.25) is 4.98 Å². The first kappa shape index (κ1) is 8.27. The number of hydrogen-bond acceptors (Lipinski definition) is 3. The Morgan fingerprint density at radius 1 is 1.55 bits per heavy atom. The molecule has 0 unspecified atom stereocenters. The zero-order valence-electron chi connectivity index (χ0n) is 6.37. The highest BCUT2D eigenvalue weighted by molar-refractivity contribution is 6.18. The van der Waals surface area contributed by atoms with Gasteiger partial charge in [-0.2, -0.15) is 0 Å². The standard InChI is InChI=1S/C7H10ClN3/c1-11(5-2-8)7-6-9-3-4-10-7/h3-4,6H,2,5H2,1H3. The Kier molecular flexibility index (Phi) is 3.11. The molecule has 0 bridgehead atoms. The van der Waals surface area contributed by atoms with Crippen molar-refractivity contribution in [2.75, 3.05) is 24.4 Å². The number of aromatic nitrogens is 2. The number of halogens is 1. The molecular formula is C7H10ClN3. The van der Waals surface area contributed by atoms with Gasteiger partial charge in [0, 0.05) is 31.9 Å². The molecule has 3 nitrogen and oxygen atoms in total. The molecular weight excluding hydrogens is 162 g/mol. The fourth-order valence-corrected chi connectivity index (χ4v) is 0.983. The molecule has 0 atom stereocenters. The summed E-state index contributed by atoms with van der Waals surface area (Å²) in [6, 6.07) is 0. The van der Waals surface area contributed by atoms with Crippen LogP contribution in [0.15, 0.2) is 18.6 Å². The van der Waals surface area contributed by atoms with Crippen molar-refractivity contribution in [1.29, 1.82) is 0 Å². The van der Waals surface area contributed by atoms with Crippen molar-refractivity contribution < 1.29 is 0 Å². The lowest BCUT2D eigenvalue weighted by Gasteiger charge is -2.14. The largest absolute Gasteiger partial charge is 0.357 e. The monoisotopic (exact) mass is 171 g/mol. The number of hydrogen-bond donors (Lipinski definition) is 0. The molecule has 0 aliphatic rings. The summed E-state index contributed by atoms with van der Waals surface area (Å²) in [5, 5.41) is 0. The highest BCUT2D eigenvalue weighted by atomic mass is 35.5. The molecule has 1 heterocycles. The minimum absolute atomic E-state index is 0.604. The third-order valence-electron chi connectivity index (χ3n) is 1.36. The highest BCUT2D eigenvalue weighted by Gasteiger charge is 1.98. The van der Waals surface area contributed by atoms with Crippen molar-refractivity contribution in [2.45, 2.75) is 0 Å². The number of anilines is 1. The van der Waals surface area contributed by atoms with Crippen molar-refractivity contribution in [1.82, 2.24) is 9.97 Å². The van der Waals surface area contributed by atoms with Gasteiger partial charge < -0.3 is 4.90 Å². The Balaban J connectivity index is 2.61. The molecule has 0 aliphatic heterocycles. The van der Waals surface area contributed by atoms with Gasteiger partial charge in [-0.25, -0.2) is 4.98 Å². The lowest BCUT2D eigenvalue weighted by Crippen LogP contribution is -2.20. The summed E-state index contributed by atoms with van der Waals surface area (Å²) in [6.07, 6.45) is 5.03. The summed E-state index contributed by atoms with van der Waals surface area (Å²) >= 11 is 5.56. The van der Waals surface area contributed by atoms with E-state index in [1.165, 1.54) is 0 Å². The Hall–Kier alpha value is -0.830. The van der Waals surface area contributed by atoms with Crippen LogP contribution < -0.4 is 4.90 Å². The van der Waals surface area contributed by atoms with Crippen LogP contribution in [0.2, 0.25) is 0 Å². The highest BCUT2D eigenvalue weighted by Crippen LogP contribution is 2.03.